The zero-order valence-electron chi connectivity index (χ0n) is 12.4. The van der Waals surface area contributed by atoms with Gasteiger partial charge in [0, 0.05) is 30.2 Å². The number of nitro benzene ring substituents is 1. The van der Waals surface area contributed by atoms with Gasteiger partial charge in [-0.2, -0.15) is 0 Å². The van der Waals surface area contributed by atoms with Crippen LogP contribution in [0.15, 0.2) is 18.2 Å². The van der Waals surface area contributed by atoms with E-state index in [1.807, 2.05) is 0 Å². The van der Waals surface area contributed by atoms with Crippen LogP contribution in [0.5, 0.6) is 0 Å². The summed E-state index contributed by atoms with van der Waals surface area (Å²) in [6, 6.07) is 4.52. The number of rotatable bonds is 5. The molecule has 1 aliphatic heterocycles. The van der Waals surface area contributed by atoms with E-state index in [1.54, 1.807) is 16.4 Å². The maximum atomic E-state index is 12.2. The van der Waals surface area contributed by atoms with Gasteiger partial charge in [0.15, 0.2) is 0 Å². The van der Waals surface area contributed by atoms with Crippen molar-refractivity contribution in [2.45, 2.75) is 37.0 Å². The minimum Gasteiger partial charge on any atom is -0.377 e. The Hall–Kier alpha value is -1.38. The highest BCUT2D eigenvalue weighted by Crippen LogP contribution is 2.33. The molecule has 0 amide bonds. The van der Waals surface area contributed by atoms with E-state index >= 15 is 0 Å². The molecule has 0 unspecified atom stereocenters. The van der Waals surface area contributed by atoms with Gasteiger partial charge in [-0.15, -0.1) is 0 Å². The molecule has 0 atom stereocenters. The molecule has 1 aromatic rings. The van der Waals surface area contributed by atoms with Gasteiger partial charge in [0.1, 0.15) is 5.69 Å². The predicted molar refractivity (Wildman–Crippen MR) is 88.3 cm³/mol. The maximum Gasteiger partial charge on any atom is 0.293 e. The molecule has 126 valence electrons. The van der Waals surface area contributed by atoms with Crippen LogP contribution in [-0.4, -0.2) is 42.0 Å². The molecule has 7 nitrogen and oxygen atoms in total. The van der Waals surface area contributed by atoms with Gasteiger partial charge >= 0.3 is 0 Å². The first-order valence-electron chi connectivity index (χ1n) is 7.57. The van der Waals surface area contributed by atoms with Crippen LogP contribution in [0.25, 0.3) is 0 Å². The quantitative estimate of drug-likeness (QED) is 0.644. The van der Waals surface area contributed by atoms with Crippen LogP contribution < -0.4 is 5.32 Å². The summed E-state index contributed by atoms with van der Waals surface area (Å²) in [4.78, 5) is 10.6. The first-order chi connectivity index (χ1) is 10.9. The summed E-state index contributed by atoms with van der Waals surface area (Å²) in [6.45, 7) is 0.912. The summed E-state index contributed by atoms with van der Waals surface area (Å²) in [5.41, 5.74) is 0.355. The normalized spacial score (nSPS) is 20.4. The second-order valence-corrected chi connectivity index (χ2v) is 8.63. The van der Waals surface area contributed by atoms with Crippen molar-refractivity contribution in [2.24, 2.45) is 0 Å². The highest BCUT2D eigenvalue weighted by Gasteiger charge is 2.41. The molecule has 1 N–H and O–H groups in total. The van der Waals surface area contributed by atoms with E-state index in [9.17, 15) is 18.5 Å². The smallest absolute Gasteiger partial charge is 0.293 e. The fourth-order valence-corrected chi connectivity index (χ4v) is 4.87. The molecule has 2 fully saturated rings. The number of anilines is 1. The average molecular weight is 360 g/mol. The molecule has 9 heteroatoms. The molecule has 3 rings (SSSR count). The third-order valence-corrected chi connectivity index (χ3v) is 6.91. The second kappa shape index (κ2) is 6.26. The Morgan fingerprint density at radius 2 is 1.87 bits per heavy atom. The number of hydrogen-bond donors (Lipinski definition) is 1. The molecule has 0 bridgehead atoms. The monoisotopic (exact) mass is 359 g/mol. The van der Waals surface area contributed by atoms with Crippen LogP contribution in [-0.2, 0) is 10.0 Å². The Morgan fingerprint density at radius 3 is 2.43 bits per heavy atom. The first kappa shape index (κ1) is 16.5. The predicted octanol–water partition coefficient (Wildman–Crippen LogP) is 2.62. The zero-order valence-corrected chi connectivity index (χ0v) is 14.0. The Balaban J connectivity index is 1.64. The van der Waals surface area contributed by atoms with E-state index in [0.717, 1.165) is 12.8 Å². The summed E-state index contributed by atoms with van der Waals surface area (Å²) < 4.78 is 25.9. The zero-order chi connectivity index (χ0) is 16.6. The van der Waals surface area contributed by atoms with Crippen LogP contribution in [0.2, 0.25) is 5.02 Å². The summed E-state index contributed by atoms with van der Waals surface area (Å²) in [5.74, 6) is 0. The lowest BCUT2D eigenvalue weighted by atomic mass is 10.1. The Labute approximate surface area is 139 Å². The van der Waals surface area contributed by atoms with Crippen molar-refractivity contribution in [1.82, 2.24) is 4.31 Å². The highest BCUT2D eigenvalue weighted by molar-refractivity contribution is 7.90. The van der Waals surface area contributed by atoms with Gasteiger partial charge in [-0.1, -0.05) is 11.6 Å². The average Bonchev–Trinajstić information content (AvgIpc) is 3.34. The maximum absolute atomic E-state index is 12.2. The van der Waals surface area contributed by atoms with Crippen molar-refractivity contribution in [3.05, 3.63) is 33.3 Å². The van der Waals surface area contributed by atoms with Crippen LogP contribution in [0, 0.1) is 10.1 Å². The van der Waals surface area contributed by atoms with E-state index in [2.05, 4.69) is 5.32 Å². The van der Waals surface area contributed by atoms with E-state index < -0.39 is 14.9 Å². The van der Waals surface area contributed by atoms with Gasteiger partial charge < -0.3 is 5.32 Å². The van der Waals surface area contributed by atoms with Crippen LogP contribution in [0.1, 0.15) is 25.7 Å². The second-order valence-electron chi connectivity index (χ2n) is 5.98. The molecule has 0 radical (unpaired) electrons. The number of benzene rings is 1. The van der Waals surface area contributed by atoms with Gasteiger partial charge in [-0.25, -0.2) is 12.7 Å². The van der Waals surface area contributed by atoms with Gasteiger partial charge in [-0.3, -0.25) is 10.1 Å². The molecular formula is C14H18ClN3O4S. The Kier molecular flexibility index (Phi) is 4.48. The van der Waals surface area contributed by atoms with Crippen LogP contribution in [0.3, 0.4) is 0 Å². The van der Waals surface area contributed by atoms with E-state index in [1.165, 1.54) is 6.07 Å². The number of halogens is 1. The molecule has 0 aromatic heterocycles. The SMILES string of the molecule is O=[N+]([O-])c1cc(Cl)ccc1NC1CCN(S(=O)(=O)C2CC2)CC1. The molecule has 1 aliphatic carbocycles. The standard InChI is InChI=1S/C14H18ClN3O4S/c15-10-1-4-13(14(9-10)18(19)20)16-11-5-7-17(8-6-11)23(21,22)12-2-3-12/h1,4,9,11-12,16H,2-3,5-8H2. The summed E-state index contributed by atoms with van der Waals surface area (Å²) >= 11 is 5.80. The number of piperidine rings is 1. The highest BCUT2D eigenvalue weighted by atomic mass is 35.5. The summed E-state index contributed by atoms with van der Waals surface area (Å²) in [5, 5.41) is 14.4. The lowest BCUT2D eigenvalue weighted by Gasteiger charge is -2.32. The largest absolute Gasteiger partial charge is 0.377 e. The Morgan fingerprint density at radius 1 is 1.22 bits per heavy atom. The minimum atomic E-state index is -3.13. The van der Waals surface area contributed by atoms with Crippen LogP contribution in [0.4, 0.5) is 11.4 Å². The number of nitrogens with one attached hydrogen (secondary N) is 1. The topological polar surface area (TPSA) is 92.6 Å². The number of nitrogens with zero attached hydrogens (tertiary/aromatic N) is 2. The van der Waals surface area contributed by atoms with Crippen molar-refractivity contribution in [3.63, 3.8) is 0 Å². The fourth-order valence-electron chi connectivity index (χ4n) is 2.83. The van der Waals surface area contributed by atoms with E-state index in [0.29, 0.717) is 36.6 Å². The van der Waals surface area contributed by atoms with Gasteiger partial charge in [-0.05, 0) is 37.8 Å². The molecule has 0 spiro atoms. The van der Waals surface area contributed by atoms with Crippen molar-refractivity contribution in [1.29, 1.82) is 0 Å². The van der Waals surface area contributed by atoms with Crippen molar-refractivity contribution < 1.29 is 13.3 Å². The summed E-state index contributed by atoms with van der Waals surface area (Å²) in [6.07, 6.45) is 2.78. The molecule has 2 aliphatic rings. The van der Waals surface area contributed by atoms with E-state index in [-0.39, 0.29) is 17.0 Å². The van der Waals surface area contributed by atoms with Crippen molar-refractivity contribution >= 4 is 33.0 Å². The van der Waals surface area contributed by atoms with Gasteiger partial charge in [0.2, 0.25) is 10.0 Å². The first-order valence-corrected chi connectivity index (χ1v) is 9.45. The molecule has 1 saturated carbocycles. The fraction of sp³-hybridized carbons (Fsp3) is 0.571. The third-order valence-electron chi connectivity index (χ3n) is 4.28. The molecule has 1 aromatic carbocycles. The van der Waals surface area contributed by atoms with Gasteiger partial charge in [0.05, 0.1) is 10.2 Å². The number of nitro groups is 1. The molecule has 1 saturated heterocycles. The number of hydrogen-bond acceptors (Lipinski definition) is 5. The van der Waals surface area contributed by atoms with Crippen LogP contribution >= 0.6 is 11.6 Å². The van der Waals surface area contributed by atoms with E-state index in [4.69, 9.17) is 11.6 Å². The summed E-state index contributed by atoms with van der Waals surface area (Å²) in [7, 11) is -3.13. The lowest BCUT2D eigenvalue weighted by molar-refractivity contribution is -0.384. The Bertz CT molecular complexity index is 713. The van der Waals surface area contributed by atoms with Gasteiger partial charge in [0.25, 0.3) is 5.69 Å². The number of sulfonamides is 1. The van der Waals surface area contributed by atoms with Crippen molar-refractivity contribution in [3.8, 4) is 0 Å². The third kappa shape index (κ3) is 3.59. The minimum absolute atomic E-state index is 0.0144. The van der Waals surface area contributed by atoms with Crippen molar-refractivity contribution in [2.75, 3.05) is 18.4 Å². The molecule has 23 heavy (non-hydrogen) atoms. The molecular weight excluding hydrogens is 342 g/mol. The lowest BCUT2D eigenvalue weighted by Crippen LogP contribution is -2.43. The molecule has 1 heterocycles.